The molecule has 1 N–H and O–H groups in total. The Morgan fingerprint density at radius 3 is 2.19 bits per heavy atom. The maximum Gasteiger partial charge on any atom is 0.339 e. The van der Waals surface area contributed by atoms with Gasteiger partial charge in [0.15, 0.2) is 14.4 Å². The van der Waals surface area contributed by atoms with Gasteiger partial charge in [0.1, 0.15) is 0 Å². The first-order valence-electron chi connectivity index (χ1n) is 16.2. The standard InChI is InChI=1S/C37H53ClN2O6SSi/c1-14-16-17-28(23-45-48(12,13)37(8,9)10)40(47(42,43)15-2)33-25(4)30(34(35(41)44-11)46-36(5,6)7)31(26-18-20-27(38)21-19-26)29-22-24(3)39-32(29)33/h14-15,18-22,28,34,39H,1-2,16-17,23H2,3-13H3/t28-,34+/m1/s1. The average molecular weight is 717 g/mol. The third-order valence-electron chi connectivity index (χ3n) is 8.95. The summed E-state index contributed by atoms with van der Waals surface area (Å²) in [5, 5.41) is 2.15. The van der Waals surface area contributed by atoms with Crippen molar-refractivity contribution in [1.82, 2.24) is 4.98 Å². The fourth-order valence-corrected chi connectivity index (χ4v) is 7.93. The van der Waals surface area contributed by atoms with E-state index in [1.165, 1.54) is 11.4 Å². The number of esters is 1. The molecule has 1 heterocycles. The number of aryl methyl sites for hydroxylation is 1. The van der Waals surface area contributed by atoms with Gasteiger partial charge in [-0.1, -0.05) is 57.2 Å². The first-order valence-corrected chi connectivity index (χ1v) is 21.0. The van der Waals surface area contributed by atoms with Crippen molar-refractivity contribution in [2.45, 2.75) is 104 Å². The number of carbonyl (C=O) groups excluding carboxylic acids is 1. The van der Waals surface area contributed by atoms with Crippen LogP contribution in [0.25, 0.3) is 22.0 Å². The Morgan fingerprint density at radius 1 is 1.08 bits per heavy atom. The maximum absolute atomic E-state index is 14.3. The Labute approximate surface area is 293 Å². The van der Waals surface area contributed by atoms with E-state index < -0.39 is 42.1 Å². The van der Waals surface area contributed by atoms with E-state index in [4.69, 9.17) is 25.5 Å². The Hall–Kier alpha value is -2.89. The summed E-state index contributed by atoms with van der Waals surface area (Å²) < 4.78 is 48.5. The SMILES string of the molecule is C=CCC[C@H](CO[Si](C)(C)C(C)(C)C)N(c1c(C)c([C@H](OC(C)(C)C)C(=O)OC)c(-c2ccc(Cl)cc2)c2cc(C)[nH]c12)S(=O)(=O)C=C. The highest BCUT2D eigenvalue weighted by Crippen LogP contribution is 2.48. The first-order chi connectivity index (χ1) is 22.1. The molecule has 2 aromatic carbocycles. The van der Waals surface area contributed by atoms with Gasteiger partial charge in [0.2, 0.25) is 0 Å². The molecule has 0 fully saturated rings. The Kier molecular flexibility index (Phi) is 12.3. The van der Waals surface area contributed by atoms with Gasteiger partial charge in [-0.2, -0.15) is 0 Å². The summed E-state index contributed by atoms with van der Waals surface area (Å²) in [6, 6.07) is 8.66. The highest BCUT2D eigenvalue weighted by atomic mass is 35.5. The second-order valence-electron chi connectivity index (χ2n) is 14.7. The predicted octanol–water partition coefficient (Wildman–Crippen LogP) is 9.77. The molecule has 264 valence electrons. The number of carbonyl (C=O) groups is 1. The maximum atomic E-state index is 14.3. The number of benzene rings is 2. The fraction of sp³-hybridized carbons (Fsp3) is 0.486. The van der Waals surface area contributed by atoms with Crippen LogP contribution in [0.5, 0.6) is 0 Å². The molecule has 0 aliphatic carbocycles. The fourth-order valence-electron chi connectivity index (χ4n) is 5.53. The first kappa shape index (κ1) is 39.5. The van der Waals surface area contributed by atoms with E-state index in [-0.39, 0.29) is 11.6 Å². The van der Waals surface area contributed by atoms with Crippen LogP contribution in [-0.4, -0.2) is 53.0 Å². The molecule has 0 aliphatic rings. The summed E-state index contributed by atoms with van der Waals surface area (Å²) in [6.07, 6.45) is 1.58. The van der Waals surface area contributed by atoms with Crippen LogP contribution < -0.4 is 4.31 Å². The lowest BCUT2D eigenvalue weighted by molar-refractivity contribution is -0.164. The molecule has 3 rings (SSSR count). The van der Waals surface area contributed by atoms with Crippen molar-refractivity contribution in [3.05, 3.63) is 76.8 Å². The number of anilines is 1. The van der Waals surface area contributed by atoms with Crippen LogP contribution in [0.4, 0.5) is 5.69 Å². The third kappa shape index (κ3) is 8.63. The van der Waals surface area contributed by atoms with Gasteiger partial charge in [0, 0.05) is 27.1 Å². The minimum atomic E-state index is -4.13. The van der Waals surface area contributed by atoms with Crippen LogP contribution >= 0.6 is 11.6 Å². The predicted molar refractivity (Wildman–Crippen MR) is 202 cm³/mol. The number of fused-ring (bicyclic) bond motifs is 1. The van der Waals surface area contributed by atoms with Gasteiger partial charge >= 0.3 is 5.97 Å². The normalized spacial score (nSPS) is 14.1. The van der Waals surface area contributed by atoms with E-state index in [2.05, 4.69) is 52.0 Å². The molecule has 0 saturated heterocycles. The topological polar surface area (TPSA) is 97.9 Å². The van der Waals surface area contributed by atoms with E-state index in [0.717, 1.165) is 16.7 Å². The molecule has 0 spiro atoms. The average Bonchev–Trinajstić information content (AvgIpc) is 3.37. The smallest absolute Gasteiger partial charge is 0.339 e. The van der Waals surface area contributed by atoms with Crippen molar-refractivity contribution < 1.29 is 27.1 Å². The molecule has 8 nitrogen and oxygen atoms in total. The van der Waals surface area contributed by atoms with Crippen molar-refractivity contribution in [2.24, 2.45) is 0 Å². The van der Waals surface area contributed by atoms with Gasteiger partial charge in [0.05, 0.1) is 36.6 Å². The zero-order valence-corrected chi connectivity index (χ0v) is 33.0. The van der Waals surface area contributed by atoms with Crippen LogP contribution in [0.15, 0.2) is 55.0 Å². The highest BCUT2D eigenvalue weighted by Gasteiger charge is 2.41. The van der Waals surface area contributed by atoms with Crippen LogP contribution in [-0.2, 0) is 28.7 Å². The van der Waals surface area contributed by atoms with Crippen molar-refractivity contribution in [3.63, 3.8) is 0 Å². The Balaban J connectivity index is 2.57. The number of allylic oxidation sites excluding steroid dienone is 1. The van der Waals surface area contributed by atoms with Gasteiger partial charge in [-0.05, 0) is 100 Å². The molecule has 48 heavy (non-hydrogen) atoms. The van der Waals surface area contributed by atoms with E-state index in [9.17, 15) is 13.2 Å². The minimum Gasteiger partial charge on any atom is -0.467 e. The van der Waals surface area contributed by atoms with Crippen molar-refractivity contribution >= 4 is 52.5 Å². The van der Waals surface area contributed by atoms with Gasteiger partial charge in [0.25, 0.3) is 10.0 Å². The highest BCUT2D eigenvalue weighted by molar-refractivity contribution is 7.95. The summed E-state index contributed by atoms with van der Waals surface area (Å²) in [4.78, 5) is 17.1. The van der Waals surface area contributed by atoms with Crippen molar-refractivity contribution in [2.75, 3.05) is 18.0 Å². The number of halogens is 1. The summed E-state index contributed by atoms with van der Waals surface area (Å²) in [5.41, 5.74) is 3.56. The largest absolute Gasteiger partial charge is 0.467 e. The van der Waals surface area contributed by atoms with E-state index in [0.29, 0.717) is 51.1 Å². The number of nitrogens with zero attached hydrogens (tertiary/aromatic N) is 1. The molecule has 0 aliphatic heterocycles. The monoisotopic (exact) mass is 716 g/mol. The number of hydrogen-bond donors (Lipinski definition) is 1. The summed E-state index contributed by atoms with van der Waals surface area (Å²) >= 11 is 6.31. The van der Waals surface area contributed by atoms with Gasteiger partial charge < -0.3 is 18.9 Å². The molecular weight excluding hydrogens is 664 g/mol. The summed E-state index contributed by atoms with van der Waals surface area (Å²) in [6.45, 7) is 27.8. The summed E-state index contributed by atoms with van der Waals surface area (Å²) in [7, 11) is -5.11. The number of rotatable bonds is 14. The van der Waals surface area contributed by atoms with E-state index in [1.54, 1.807) is 18.2 Å². The van der Waals surface area contributed by atoms with Gasteiger partial charge in [-0.3, -0.25) is 4.31 Å². The van der Waals surface area contributed by atoms with E-state index in [1.807, 2.05) is 52.8 Å². The Bertz CT molecular complexity index is 1750. The minimum absolute atomic E-state index is 0.0939. The van der Waals surface area contributed by atoms with Gasteiger partial charge in [-0.25, -0.2) is 13.2 Å². The zero-order chi connectivity index (χ0) is 36.4. The van der Waals surface area contributed by atoms with E-state index >= 15 is 0 Å². The van der Waals surface area contributed by atoms with Crippen LogP contribution in [0, 0.1) is 13.8 Å². The number of aromatic amines is 1. The molecule has 0 unspecified atom stereocenters. The molecule has 0 amide bonds. The molecular formula is C37H53ClN2O6SSi. The number of sulfonamides is 1. The lowest BCUT2D eigenvalue weighted by Gasteiger charge is -2.40. The third-order valence-corrected chi connectivity index (χ3v) is 15.2. The van der Waals surface area contributed by atoms with Crippen molar-refractivity contribution in [1.29, 1.82) is 0 Å². The molecule has 0 radical (unpaired) electrons. The molecule has 0 saturated carbocycles. The van der Waals surface area contributed by atoms with Crippen LogP contribution in [0.2, 0.25) is 23.2 Å². The second-order valence-corrected chi connectivity index (χ2v) is 21.7. The molecule has 2 atom stereocenters. The number of methoxy groups -OCH3 is 1. The summed E-state index contributed by atoms with van der Waals surface area (Å²) in [5.74, 6) is -0.608. The Morgan fingerprint density at radius 2 is 1.69 bits per heavy atom. The quantitative estimate of drug-likeness (QED) is 0.101. The van der Waals surface area contributed by atoms with Crippen LogP contribution in [0.3, 0.4) is 0 Å². The molecule has 0 bridgehead atoms. The lowest BCUT2D eigenvalue weighted by atomic mass is 9.87. The van der Waals surface area contributed by atoms with Gasteiger partial charge in [-0.15, -0.1) is 6.58 Å². The molecule has 3 aromatic rings. The number of H-pyrrole nitrogens is 1. The lowest BCUT2D eigenvalue weighted by Crippen LogP contribution is -2.48. The van der Waals surface area contributed by atoms with Crippen LogP contribution in [0.1, 0.15) is 77.3 Å². The number of ether oxygens (including phenoxy) is 2. The second kappa shape index (κ2) is 14.9. The number of nitrogens with one attached hydrogen (secondary N) is 1. The number of hydrogen-bond acceptors (Lipinski definition) is 6. The number of aromatic nitrogens is 1. The molecule has 1 aromatic heterocycles. The molecule has 11 heteroatoms. The van der Waals surface area contributed by atoms with Crippen molar-refractivity contribution in [3.8, 4) is 11.1 Å². The zero-order valence-electron chi connectivity index (χ0n) is 30.4.